The number of hydrogen-bond acceptors (Lipinski definition) is 3. The van der Waals surface area contributed by atoms with Gasteiger partial charge in [-0.3, -0.25) is 4.79 Å². The SMILES string of the molecule is CCOc1ccccc1C1OCC(=O)N1Cc1cc(C(F)(F)F)ccc1C. The number of nitrogens with zero attached hydrogens (tertiary/aromatic N) is 1. The Morgan fingerprint density at radius 1 is 1.22 bits per heavy atom. The fourth-order valence-electron chi connectivity index (χ4n) is 3.06. The van der Waals surface area contributed by atoms with Crippen LogP contribution in [0.25, 0.3) is 0 Å². The highest BCUT2D eigenvalue weighted by molar-refractivity contribution is 5.79. The molecule has 1 atom stereocenters. The number of carbonyl (C=O) groups excluding carboxylic acids is 1. The molecule has 2 aromatic carbocycles. The minimum atomic E-state index is -4.44. The maximum atomic E-state index is 13.0. The Balaban J connectivity index is 1.93. The highest BCUT2D eigenvalue weighted by Gasteiger charge is 2.36. The molecule has 144 valence electrons. The Kier molecular flexibility index (Phi) is 5.41. The van der Waals surface area contributed by atoms with E-state index in [1.165, 1.54) is 11.0 Å². The molecule has 7 heteroatoms. The third-order valence-electron chi connectivity index (χ3n) is 4.47. The Bertz CT molecular complexity index is 835. The van der Waals surface area contributed by atoms with Crippen LogP contribution in [0.5, 0.6) is 5.75 Å². The van der Waals surface area contributed by atoms with E-state index in [4.69, 9.17) is 9.47 Å². The second-order valence-corrected chi connectivity index (χ2v) is 6.29. The summed E-state index contributed by atoms with van der Waals surface area (Å²) in [7, 11) is 0. The number of aryl methyl sites for hydroxylation is 1. The lowest BCUT2D eigenvalue weighted by molar-refractivity contribution is -0.137. The monoisotopic (exact) mass is 379 g/mol. The van der Waals surface area contributed by atoms with Crippen molar-refractivity contribution in [3.05, 3.63) is 64.7 Å². The molecule has 0 radical (unpaired) electrons. The highest BCUT2D eigenvalue weighted by Crippen LogP contribution is 2.36. The van der Waals surface area contributed by atoms with Crippen LogP contribution in [-0.4, -0.2) is 24.0 Å². The third kappa shape index (κ3) is 4.08. The van der Waals surface area contributed by atoms with E-state index < -0.39 is 18.0 Å². The summed E-state index contributed by atoms with van der Waals surface area (Å²) >= 11 is 0. The van der Waals surface area contributed by atoms with Crippen molar-refractivity contribution in [1.29, 1.82) is 0 Å². The van der Waals surface area contributed by atoms with E-state index in [0.717, 1.165) is 12.1 Å². The van der Waals surface area contributed by atoms with Gasteiger partial charge in [0.2, 0.25) is 0 Å². The highest BCUT2D eigenvalue weighted by atomic mass is 19.4. The molecule has 0 spiro atoms. The molecule has 0 aromatic heterocycles. The lowest BCUT2D eigenvalue weighted by Gasteiger charge is -2.26. The summed E-state index contributed by atoms with van der Waals surface area (Å²) in [4.78, 5) is 13.8. The lowest BCUT2D eigenvalue weighted by Crippen LogP contribution is -2.29. The topological polar surface area (TPSA) is 38.8 Å². The number of amides is 1. The number of rotatable bonds is 5. The van der Waals surface area contributed by atoms with Gasteiger partial charge in [-0.2, -0.15) is 13.2 Å². The number of benzene rings is 2. The molecule has 0 aliphatic carbocycles. The molecular formula is C20H20F3NO3. The first-order valence-electron chi connectivity index (χ1n) is 8.60. The van der Waals surface area contributed by atoms with Crippen LogP contribution in [0.2, 0.25) is 0 Å². The van der Waals surface area contributed by atoms with Crippen molar-refractivity contribution < 1.29 is 27.4 Å². The molecule has 1 fully saturated rings. The van der Waals surface area contributed by atoms with Crippen molar-refractivity contribution in [2.45, 2.75) is 32.8 Å². The van der Waals surface area contributed by atoms with Crippen molar-refractivity contribution in [2.24, 2.45) is 0 Å². The van der Waals surface area contributed by atoms with Crippen LogP contribution in [-0.2, 0) is 22.3 Å². The van der Waals surface area contributed by atoms with E-state index in [1.807, 2.05) is 13.0 Å². The zero-order chi connectivity index (χ0) is 19.6. The van der Waals surface area contributed by atoms with Gasteiger partial charge in [0.05, 0.1) is 12.2 Å². The molecule has 1 aliphatic rings. The molecule has 1 unspecified atom stereocenters. The number of carbonyl (C=O) groups is 1. The van der Waals surface area contributed by atoms with Gasteiger partial charge >= 0.3 is 6.18 Å². The van der Waals surface area contributed by atoms with Gasteiger partial charge in [-0.1, -0.05) is 24.3 Å². The largest absolute Gasteiger partial charge is 0.493 e. The molecule has 1 heterocycles. The van der Waals surface area contributed by atoms with Gasteiger partial charge in [-0.25, -0.2) is 0 Å². The second kappa shape index (κ2) is 7.60. The summed E-state index contributed by atoms with van der Waals surface area (Å²) < 4.78 is 50.4. The Labute approximate surface area is 155 Å². The molecule has 0 N–H and O–H groups in total. The zero-order valence-electron chi connectivity index (χ0n) is 15.0. The van der Waals surface area contributed by atoms with E-state index in [0.29, 0.717) is 29.0 Å². The van der Waals surface area contributed by atoms with Crippen LogP contribution >= 0.6 is 0 Å². The molecule has 0 saturated carbocycles. The summed E-state index contributed by atoms with van der Waals surface area (Å²) in [6, 6.07) is 10.7. The van der Waals surface area contributed by atoms with E-state index in [1.54, 1.807) is 25.1 Å². The summed E-state index contributed by atoms with van der Waals surface area (Å²) in [5.74, 6) is 0.313. The molecule has 1 saturated heterocycles. The van der Waals surface area contributed by atoms with Gasteiger partial charge in [0.15, 0.2) is 6.23 Å². The average molecular weight is 379 g/mol. The number of hydrogen-bond donors (Lipinski definition) is 0. The van der Waals surface area contributed by atoms with Gasteiger partial charge in [-0.05, 0) is 43.2 Å². The van der Waals surface area contributed by atoms with Gasteiger partial charge in [0.1, 0.15) is 12.4 Å². The molecule has 1 amide bonds. The molecule has 1 aliphatic heterocycles. The third-order valence-corrected chi connectivity index (χ3v) is 4.47. The second-order valence-electron chi connectivity index (χ2n) is 6.29. The Morgan fingerprint density at radius 3 is 2.67 bits per heavy atom. The van der Waals surface area contributed by atoms with E-state index >= 15 is 0 Å². The minimum absolute atomic E-state index is 0.0275. The quantitative estimate of drug-likeness (QED) is 0.769. The summed E-state index contributed by atoms with van der Waals surface area (Å²) in [6.07, 6.45) is -5.14. The van der Waals surface area contributed by atoms with Crippen molar-refractivity contribution in [3.63, 3.8) is 0 Å². The first kappa shape index (κ1) is 19.2. The summed E-state index contributed by atoms with van der Waals surface area (Å²) in [6.45, 7) is 3.93. The molecular weight excluding hydrogens is 359 g/mol. The van der Waals surface area contributed by atoms with Gasteiger partial charge in [0, 0.05) is 12.1 Å². The number of para-hydroxylation sites is 1. The Morgan fingerprint density at radius 2 is 1.96 bits per heavy atom. The van der Waals surface area contributed by atoms with Crippen LogP contribution in [0.15, 0.2) is 42.5 Å². The Hall–Kier alpha value is -2.54. The predicted octanol–water partition coefficient (Wildman–Crippen LogP) is 4.47. The average Bonchev–Trinajstić information content (AvgIpc) is 2.97. The number of halogens is 3. The van der Waals surface area contributed by atoms with Crippen molar-refractivity contribution >= 4 is 5.91 Å². The maximum absolute atomic E-state index is 13.0. The molecule has 4 nitrogen and oxygen atoms in total. The zero-order valence-corrected chi connectivity index (χ0v) is 15.0. The maximum Gasteiger partial charge on any atom is 0.416 e. The number of alkyl halides is 3. The summed E-state index contributed by atoms with van der Waals surface area (Å²) in [5, 5.41) is 0. The van der Waals surface area contributed by atoms with E-state index in [9.17, 15) is 18.0 Å². The van der Waals surface area contributed by atoms with Gasteiger partial charge in [-0.15, -0.1) is 0 Å². The van der Waals surface area contributed by atoms with Gasteiger partial charge in [0.25, 0.3) is 5.91 Å². The van der Waals surface area contributed by atoms with E-state index in [-0.39, 0.29) is 19.1 Å². The lowest BCUT2D eigenvalue weighted by atomic mass is 10.0. The fraction of sp³-hybridized carbons (Fsp3) is 0.350. The first-order valence-corrected chi connectivity index (χ1v) is 8.60. The van der Waals surface area contributed by atoms with Crippen LogP contribution in [0, 0.1) is 6.92 Å². The van der Waals surface area contributed by atoms with Crippen LogP contribution < -0.4 is 4.74 Å². The van der Waals surface area contributed by atoms with Crippen LogP contribution in [0.1, 0.15) is 35.4 Å². The van der Waals surface area contributed by atoms with Crippen molar-refractivity contribution in [1.82, 2.24) is 4.90 Å². The van der Waals surface area contributed by atoms with Crippen LogP contribution in [0.3, 0.4) is 0 Å². The van der Waals surface area contributed by atoms with E-state index in [2.05, 4.69) is 0 Å². The van der Waals surface area contributed by atoms with Crippen LogP contribution in [0.4, 0.5) is 13.2 Å². The molecule has 27 heavy (non-hydrogen) atoms. The molecule has 3 rings (SSSR count). The predicted molar refractivity (Wildman–Crippen MR) is 93.0 cm³/mol. The minimum Gasteiger partial charge on any atom is -0.493 e. The fourth-order valence-corrected chi connectivity index (χ4v) is 3.06. The molecule has 0 bridgehead atoms. The summed E-state index contributed by atoms with van der Waals surface area (Å²) in [5.41, 5.74) is 1.05. The van der Waals surface area contributed by atoms with Gasteiger partial charge < -0.3 is 14.4 Å². The smallest absolute Gasteiger partial charge is 0.416 e. The van der Waals surface area contributed by atoms with Crippen molar-refractivity contribution in [3.8, 4) is 5.75 Å². The standard InChI is InChI=1S/C20H20F3NO3/c1-3-26-17-7-5-4-6-16(17)19-24(18(25)12-27-19)11-14-10-15(20(21,22)23)9-8-13(14)2/h4-10,19H,3,11-12H2,1-2H3. The molecule has 2 aromatic rings. The number of ether oxygens (including phenoxy) is 2. The normalized spacial score (nSPS) is 17.4. The first-order chi connectivity index (χ1) is 12.8. The van der Waals surface area contributed by atoms with Crippen molar-refractivity contribution in [2.75, 3.05) is 13.2 Å².